The van der Waals surface area contributed by atoms with Gasteiger partial charge in [0.15, 0.2) is 11.0 Å². The summed E-state index contributed by atoms with van der Waals surface area (Å²) in [4.78, 5) is 4.18. The third-order valence-electron chi connectivity index (χ3n) is 3.95. The number of aromatic nitrogens is 4. The topological polar surface area (TPSA) is 43.6 Å². The third-order valence-corrected chi connectivity index (χ3v) is 5.46. The summed E-state index contributed by atoms with van der Waals surface area (Å²) in [7, 11) is 0. The fourth-order valence-electron chi connectivity index (χ4n) is 2.63. The minimum Gasteiger partial charge on any atom is -0.270 e. The summed E-state index contributed by atoms with van der Waals surface area (Å²) in [5.74, 6) is 0.947. The van der Waals surface area contributed by atoms with E-state index < -0.39 is 0 Å². The number of nitrogens with zero attached hydrogens (tertiary/aromatic N) is 4. The Balaban J connectivity index is 1.74. The smallest absolute Gasteiger partial charge is 0.196 e. The summed E-state index contributed by atoms with van der Waals surface area (Å²) < 4.78 is 16.9. The highest BCUT2D eigenvalue weighted by molar-refractivity contribution is 9.10. The van der Waals surface area contributed by atoms with Crippen molar-refractivity contribution in [3.8, 4) is 17.1 Å². The quantitative estimate of drug-likeness (QED) is 0.383. The van der Waals surface area contributed by atoms with Crippen molar-refractivity contribution in [2.75, 3.05) is 0 Å². The lowest BCUT2D eigenvalue weighted by Crippen LogP contribution is -2.00. The van der Waals surface area contributed by atoms with E-state index in [0.29, 0.717) is 22.3 Å². The molecule has 134 valence electrons. The summed E-state index contributed by atoms with van der Waals surface area (Å²) >= 11 is 4.91. The number of hydrogen-bond donors (Lipinski definition) is 0. The number of rotatable bonds is 5. The molecule has 2 aromatic heterocycles. The Morgan fingerprint density at radius 3 is 2.52 bits per heavy atom. The molecule has 2 heterocycles. The predicted octanol–water partition coefficient (Wildman–Crippen LogP) is 5.52. The van der Waals surface area contributed by atoms with Gasteiger partial charge in [0.2, 0.25) is 0 Å². The molecule has 0 bridgehead atoms. The maximum Gasteiger partial charge on any atom is 0.196 e. The zero-order valence-corrected chi connectivity index (χ0v) is 16.5. The maximum atomic E-state index is 14.0. The van der Waals surface area contributed by atoms with Crippen LogP contribution in [0.1, 0.15) is 5.56 Å². The Morgan fingerprint density at radius 2 is 1.78 bits per heavy atom. The van der Waals surface area contributed by atoms with Crippen LogP contribution in [-0.4, -0.2) is 19.7 Å². The lowest BCUT2D eigenvalue weighted by atomic mass is 10.2. The Morgan fingerprint density at radius 1 is 0.963 bits per heavy atom. The first-order valence-corrected chi connectivity index (χ1v) is 9.98. The molecule has 0 amide bonds. The highest BCUT2D eigenvalue weighted by atomic mass is 79.9. The van der Waals surface area contributed by atoms with Crippen LogP contribution in [0.3, 0.4) is 0 Å². The van der Waals surface area contributed by atoms with E-state index >= 15 is 0 Å². The van der Waals surface area contributed by atoms with Crippen molar-refractivity contribution in [2.45, 2.75) is 10.9 Å². The van der Waals surface area contributed by atoms with Gasteiger partial charge >= 0.3 is 0 Å². The molecule has 27 heavy (non-hydrogen) atoms. The van der Waals surface area contributed by atoms with Crippen LogP contribution in [0.25, 0.3) is 17.1 Å². The standard InChI is InChI=1S/C20H14BrFN4S/c21-16-7-9-17(10-8-16)26-19(14-5-3-11-23-12-14)24-25-20(26)27-13-15-4-1-2-6-18(15)22/h1-12H,13H2. The molecule has 0 atom stereocenters. The second-order valence-electron chi connectivity index (χ2n) is 5.74. The van der Waals surface area contributed by atoms with Gasteiger partial charge < -0.3 is 0 Å². The van der Waals surface area contributed by atoms with Gasteiger partial charge in [-0.2, -0.15) is 0 Å². The molecule has 0 spiro atoms. The van der Waals surface area contributed by atoms with Gasteiger partial charge in [0.25, 0.3) is 0 Å². The van der Waals surface area contributed by atoms with E-state index in [1.807, 2.05) is 47.0 Å². The zero-order valence-electron chi connectivity index (χ0n) is 14.1. The first-order chi connectivity index (χ1) is 13.2. The van der Waals surface area contributed by atoms with Gasteiger partial charge in [0.05, 0.1) is 0 Å². The predicted molar refractivity (Wildman–Crippen MR) is 108 cm³/mol. The summed E-state index contributed by atoms with van der Waals surface area (Å²) in [5, 5.41) is 9.41. The van der Waals surface area contributed by atoms with Gasteiger partial charge in [-0.25, -0.2) is 4.39 Å². The lowest BCUT2D eigenvalue weighted by Gasteiger charge is -2.10. The molecule has 0 fully saturated rings. The summed E-state index contributed by atoms with van der Waals surface area (Å²) in [6.45, 7) is 0. The van der Waals surface area contributed by atoms with Crippen molar-refractivity contribution in [2.24, 2.45) is 0 Å². The van der Waals surface area contributed by atoms with Crippen LogP contribution in [0, 0.1) is 5.82 Å². The van der Waals surface area contributed by atoms with E-state index in [2.05, 4.69) is 31.1 Å². The molecule has 0 saturated carbocycles. The number of pyridine rings is 1. The van der Waals surface area contributed by atoms with E-state index in [0.717, 1.165) is 15.7 Å². The van der Waals surface area contributed by atoms with Crippen LogP contribution in [0.15, 0.2) is 82.7 Å². The van der Waals surface area contributed by atoms with Crippen molar-refractivity contribution < 1.29 is 4.39 Å². The van der Waals surface area contributed by atoms with E-state index in [4.69, 9.17) is 0 Å². The zero-order chi connectivity index (χ0) is 18.6. The Kier molecular flexibility index (Phi) is 5.31. The van der Waals surface area contributed by atoms with Crippen molar-refractivity contribution in [3.63, 3.8) is 0 Å². The molecule has 0 N–H and O–H groups in total. The van der Waals surface area contributed by atoms with Gasteiger partial charge in [-0.1, -0.05) is 45.9 Å². The van der Waals surface area contributed by atoms with Crippen LogP contribution < -0.4 is 0 Å². The summed E-state index contributed by atoms with van der Waals surface area (Å²) in [6.07, 6.45) is 3.47. The number of benzene rings is 2. The molecule has 0 aliphatic carbocycles. The molecule has 0 aliphatic heterocycles. The first-order valence-electron chi connectivity index (χ1n) is 8.20. The molecule has 4 rings (SSSR count). The van der Waals surface area contributed by atoms with E-state index in [9.17, 15) is 4.39 Å². The number of halogens is 2. The van der Waals surface area contributed by atoms with Gasteiger partial charge in [-0.3, -0.25) is 9.55 Å². The molecule has 0 unspecified atom stereocenters. The average Bonchev–Trinajstić information content (AvgIpc) is 3.12. The minimum absolute atomic E-state index is 0.216. The molecule has 4 nitrogen and oxygen atoms in total. The highest BCUT2D eigenvalue weighted by Crippen LogP contribution is 2.30. The molecular formula is C20H14BrFN4S. The molecule has 4 aromatic rings. The minimum atomic E-state index is -0.216. The van der Waals surface area contributed by atoms with Crippen LogP contribution in [-0.2, 0) is 5.75 Å². The second kappa shape index (κ2) is 8.02. The molecule has 0 radical (unpaired) electrons. The van der Waals surface area contributed by atoms with Gasteiger partial charge in [-0.15, -0.1) is 10.2 Å². The first kappa shape index (κ1) is 17.9. The molecule has 2 aromatic carbocycles. The van der Waals surface area contributed by atoms with E-state index in [1.54, 1.807) is 24.5 Å². The van der Waals surface area contributed by atoms with E-state index in [-0.39, 0.29) is 5.82 Å². The van der Waals surface area contributed by atoms with Crippen LogP contribution in [0.4, 0.5) is 4.39 Å². The van der Waals surface area contributed by atoms with Gasteiger partial charge in [-0.05, 0) is 48.0 Å². The average molecular weight is 441 g/mol. The van der Waals surface area contributed by atoms with Crippen molar-refractivity contribution in [3.05, 3.63) is 88.9 Å². The monoisotopic (exact) mass is 440 g/mol. The van der Waals surface area contributed by atoms with Crippen LogP contribution >= 0.6 is 27.7 Å². The summed E-state index contributed by atoms with van der Waals surface area (Å²) in [6, 6.07) is 18.5. The number of thioether (sulfide) groups is 1. The Hall–Kier alpha value is -2.51. The van der Waals surface area contributed by atoms with E-state index in [1.165, 1.54) is 17.8 Å². The third kappa shape index (κ3) is 3.94. The van der Waals surface area contributed by atoms with Crippen molar-refractivity contribution >= 4 is 27.7 Å². The van der Waals surface area contributed by atoms with Gasteiger partial charge in [0.1, 0.15) is 5.82 Å². The molecular weight excluding hydrogens is 427 g/mol. The molecule has 0 saturated heterocycles. The Labute approximate surface area is 168 Å². The van der Waals surface area contributed by atoms with Crippen LogP contribution in [0.2, 0.25) is 0 Å². The summed E-state index contributed by atoms with van der Waals surface area (Å²) in [5.41, 5.74) is 2.43. The fraction of sp³-hybridized carbons (Fsp3) is 0.0500. The van der Waals surface area contributed by atoms with Crippen molar-refractivity contribution in [1.29, 1.82) is 0 Å². The second-order valence-corrected chi connectivity index (χ2v) is 7.60. The highest BCUT2D eigenvalue weighted by Gasteiger charge is 2.17. The molecule has 7 heteroatoms. The fourth-order valence-corrected chi connectivity index (χ4v) is 3.83. The number of hydrogen-bond acceptors (Lipinski definition) is 4. The molecule has 0 aliphatic rings. The SMILES string of the molecule is Fc1ccccc1CSc1nnc(-c2cccnc2)n1-c1ccc(Br)cc1. The largest absolute Gasteiger partial charge is 0.270 e. The maximum absolute atomic E-state index is 14.0. The van der Waals surface area contributed by atoms with Crippen LogP contribution in [0.5, 0.6) is 0 Å². The normalized spacial score (nSPS) is 10.9. The van der Waals surface area contributed by atoms with Gasteiger partial charge in [0, 0.05) is 33.9 Å². The Bertz CT molecular complexity index is 1050. The lowest BCUT2D eigenvalue weighted by molar-refractivity contribution is 0.617. The van der Waals surface area contributed by atoms with Crippen molar-refractivity contribution in [1.82, 2.24) is 19.7 Å².